The molecule has 2 rings (SSSR count). The predicted molar refractivity (Wildman–Crippen MR) is 67.6 cm³/mol. The third kappa shape index (κ3) is 3.43. The molecule has 20 heavy (non-hydrogen) atoms. The number of rotatable bonds is 5. The average Bonchev–Trinajstić information content (AvgIpc) is 2.97. The zero-order valence-electron chi connectivity index (χ0n) is 11.1. The molecular weight excluding hydrogens is 264 g/mol. The normalized spacial score (nSPS) is 17.4. The fourth-order valence-electron chi connectivity index (χ4n) is 2.42. The predicted octanol–water partition coefficient (Wildman–Crippen LogP) is 0.0340. The van der Waals surface area contributed by atoms with Crippen LogP contribution in [-0.2, 0) is 11.3 Å². The number of amides is 2. The lowest BCUT2D eigenvalue weighted by atomic mass is 9.74. The SMILES string of the molecule is O=C(NCc1nn[nH]n1)NCC1(C(=O)O)CCCCC1. The number of hydrogen-bond donors (Lipinski definition) is 4. The standard InChI is InChI=1S/C11H18N6O3/c18-9(19)11(4-2-1-3-5-11)7-13-10(20)12-6-8-14-16-17-15-8/h1-7H2,(H,18,19)(H2,12,13,20)(H,14,15,16,17). The number of aromatic nitrogens is 4. The largest absolute Gasteiger partial charge is 0.481 e. The summed E-state index contributed by atoms with van der Waals surface area (Å²) in [5.41, 5.74) is -0.832. The maximum absolute atomic E-state index is 11.6. The highest BCUT2D eigenvalue weighted by molar-refractivity contribution is 5.78. The van der Waals surface area contributed by atoms with Crippen LogP contribution in [0.1, 0.15) is 37.9 Å². The number of aromatic amines is 1. The molecule has 9 nitrogen and oxygen atoms in total. The molecule has 0 saturated heterocycles. The number of tetrazole rings is 1. The molecule has 0 atom stereocenters. The van der Waals surface area contributed by atoms with E-state index >= 15 is 0 Å². The number of aliphatic carboxylic acids is 1. The molecule has 1 heterocycles. The monoisotopic (exact) mass is 282 g/mol. The molecule has 0 spiro atoms. The van der Waals surface area contributed by atoms with Crippen molar-refractivity contribution in [3.8, 4) is 0 Å². The topological polar surface area (TPSA) is 133 Å². The average molecular weight is 282 g/mol. The maximum Gasteiger partial charge on any atom is 0.315 e. The van der Waals surface area contributed by atoms with Gasteiger partial charge in [-0.25, -0.2) is 4.79 Å². The third-order valence-corrected chi connectivity index (χ3v) is 3.65. The molecule has 1 saturated carbocycles. The van der Waals surface area contributed by atoms with Crippen molar-refractivity contribution < 1.29 is 14.7 Å². The fourth-order valence-corrected chi connectivity index (χ4v) is 2.42. The molecule has 9 heteroatoms. The zero-order chi connectivity index (χ0) is 14.4. The van der Waals surface area contributed by atoms with Crippen LogP contribution in [0.15, 0.2) is 0 Å². The quantitative estimate of drug-likeness (QED) is 0.602. The van der Waals surface area contributed by atoms with Crippen molar-refractivity contribution in [1.29, 1.82) is 0 Å². The van der Waals surface area contributed by atoms with Gasteiger partial charge in [0.1, 0.15) is 0 Å². The van der Waals surface area contributed by atoms with E-state index in [4.69, 9.17) is 0 Å². The van der Waals surface area contributed by atoms with Gasteiger partial charge in [0, 0.05) is 6.54 Å². The van der Waals surface area contributed by atoms with Crippen LogP contribution in [0.25, 0.3) is 0 Å². The summed E-state index contributed by atoms with van der Waals surface area (Å²) in [5, 5.41) is 27.6. The van der Waals surface area contributed by atoms with E-state index < -0.39 is 17.4 Å². The van der Waals surface area contributed by atoms with Crippen molar-refractivity contribution in [2.45, 2.75) is 38.6 Å². The lowest BCUT2D eigenvalue weighted by molar-refractivity contribution is -0.150. The second-order valence-electron chi connectivity index (χ2n) is 5.01. The Labute approximate surface area is 115 Å². The summed E-state index contributed by atoms with van der Waals surface area (Å²) in [7, 11) is 0. The molecule has 4 N–H and O–H groups in total. The molecule has 0 radical (unpaired) electrons. The smallest absolute Gasteiger partial charge is 0.315 e. The first-order valence-corrected chi connectivity index (χ1v) is 6.60. The van der Waals surface area contributed by atoms with Gasteiger partial charge in [0.25, 0.3) is 0 Å². The van der Waals surface area contributed by atoms with Gasteiger partial charge < -0.3 is 15.7 Å². The summed E-state index contributed by atoms with van der Waals surface area (Å²) < 4.78 is 0. The van der Waals surface area contributed by atoms with Crippen LogP contribution >= 0.6 is 0 Å². The number of carboxylic acids is 1. The molecule has 0 bridgehead atoms. The van der Waals surface area contributed by atoms with E-state index in [1.54, 1.807) is 0 Å². The molecule has 0 aromatic carbocycles. The van der Waals surface area contributed by atoms with Crippen molar-refractivity contribution in [2.75, 3.05) is 6.54 Å². The summed E-state index contributed by atoms with van der Waals surface area (Å²) in [6, 6.07) is -0.430. The number of nitrogens with one attached hydrogen (secondary N) is 3. The number of nitrogens with zero attached hydrogens (tertiary/aromatic N) is 3. The van der Waals surface area contributed by atoms with E-state index in [0.29, 0.717) is 18.7 Å². The minimum absolute atomic E-state index is 0.139. The van der Waals surface area contributed by atoms with Crippen molar-refractivity contribution in [3.05, 3.63) is 5.82 Å². The van der Waals surface area contributed by atoms with E-state index in [0.717, 1.165) is 19.3 Å². The molecule has 110 valence electrons. The van der Waals surface area contributed by atoms with Crippen molar-refractivity contribution >= 4 is 12.0 Å². The van der Waals surface area contributed by atoms with E-state index in [1.807, 2.05) is 0 Å². The van der Waals surface area contributed by atoms with Gasteiger partial charge in [-0.05, 0) is 12.8 Å². The van der Waals surface area contributed by atoms with Crippen LogP contribution < -0.4 is 10.6 Å². The van der Waals surface area contributed by atoms with Gasteiger partial charge in [0.05, 0.1) is 12.0 Å². The number of hydrogen-bond acceptors (Lipinski definition) is 5. The first-order chi connectivity index (χ1) is 9.62. The first-order valence-electron chi connectivity index (χ1n) is 6.60. The van der Waals surface area contributed by atoms with Gasteiger partial charge in [0.2, 0.25) is 0 Å². The number of carboxylic acid groups (broad SMARTS) is 1. The van der Waals surface area contributed by atoms with Gasteiger partial charge in [-0.15, -0.1) is 10.2 Å². The summed E-state index contributed by atoms with van der Waals surface area (Å²) in [4.78, 5) is 23.1. The number of carbonyl (C=O) groups is 2. The van der Waals surface area contributed by atoms with Gasteiger partial charge >= 0.3 is 12.0 Å². The van der Waals surface area contributed by atoms with E-state index in [-0.39, 0.29) is 13.1 Å². The Morgan fingerprint density at radius 2 is 2.00 bits per heavy atom. The summed E-state index contributed by atoms with van der Waals surface area (Å²) in [5.74, 6) is -0.471. The zero-order valence-corrected chi connectivity index (χ0v) is 11.1. The van der Waals surface area contributed by atoms with Crippen LogP contribution in [0.2, 0.25) is 0 Å². The Hall–Kier alpha value is -2.19. The van der Waals surface area contributed by atoms with Crippen molar-refractivity contribution in [2.24, 2.45) is 5.41 Å². The van der Waals surface area contributed by atoms with Gasteiger partial charge in [-0.1, -0.05) is 24.5 Å². The van der Waals surface area contributed by atoms with Gasteiger partial charge in [0.15, 0.2) is 5.82 Å². The number of carbonyl (C=O) groups excluding carboxylic acids is 1. The molecule has 0 unspecified atom stereocenters. The molecular formula is C11H18N6O3. The Kier molecular flexibility index (Phi) is 4.49. The van der Waals surface area contributed by atoms with E-state index in [1.165, 1.54) is 0 Å². The second kappa shape index (κ2) is 6.31. The molecule has 1 aromatic rings. The summed E-state index contributed by atoms with van der Waals surface area (Å²) in [6.45, 7) is 0.281. The number of H-pyrrole nitrogens is 1. The number of urea groups is 1. The Morgan fingerprint density at radius 1 is 1.25 bits per heavy atom. The highest BCUT2D eigenvalue weighted by atomic mass is 16.4. The van der Waals surface area contributed by atoms with Gasteiger partial charge in [-0.3, -0.25) is 4.79 Å². The highest BCUT2D eigenvalue weighted by Crippen LogP contribution is 2.35. The summed E-state index contributed by atoms with van der Waals surface area (Å²) >= 11 is 0. The highest BCUT2D eigenvalue weighted by Gasteiger charge is 2.39. The van der Waals surface area contributed by atoms with Crippen LogP contribution in [0.3, 0.4) is 0 Å². The second-order valence-corrected chi connectivity index (χ2v) is 5.01. The Bertz CT molecular complexity index is 455. The Balaban J connectivity index is 1.80. The molecule has 1 aromatic heterocycles. The van der Waals surface area contributed by atoms with E-state index in [9.17, 15) is 14.7 Å². The molecule has 1 aliphatic carbocycles. The molecule has 2 amide bonds. The van der Waals surface area contributed by atoms with Crippen LogP contribution in [0, 0.1) is 5.41 Å². The van der Waals surface area contributed by atoms with Crippen LogP contribution in [-0.4, -0.2) is 44.3 Å². The third-order valence-electron chi connectivity index (χ3n) is 3.65. The fraction of sp³-hybridized carbons (Fsp3) is 0.727. The minimum atomic E-state index is -0.837. The molecule has 0 aliphatic heterocycles. The lowest BCUT2D eigenvalue weighted by Crippen LogP contribution is -2.47. The lowest BCUT2D eigenvalue weighted by Gasteiger charge is -2.33. The molecule has 1 aliphatic rings. The van der Waals surface area contributed by atoms with E-state index in [2.05, 4.69) is 31.3 Å². The van der Waals surface area contributed by atoms with Crippen molar-refractivity contribution in [3.63, 3.8) is 0 Å². The van der Waals surface area contributed by atoms with Crippen LogP contribution in [0.5, 0.6) is 0 Å². The Morgan fingerprint density at radius 3 is 2.60 bits per heavy atom. The summed E-state index contributed by atoms with van der Waals surface area (Å²) in [6.07, 6.45) is 4.04. The first kappa shape index (κ1) is 14.2. The van der Waals surface area contributed by atoms with Crippen LogP contribution in [0.4, 0.5) is 4.79 Å². The minimum Gasteiger partial charge on any atom is -0.481 e. The van der Waals surface area contributed by atoms with Crippen molar-refractivity contribution in [1.82, 2.24) is 31.3 Å². The maximum atomic E-state index is 11.6. The van der Waals surface area contributed by atoms with Gasteiger partial charge in [-0.2, -0.15) is 5.21 Å². The molecule has 1 fully saturated rings.